The van der Waals surface area contributed by atoms with Crippen molar-refractivity contribution >= 4 is 11.7 Å². The van der Waals surface area contributed by atoms with Gasteiger partial charge >= 0.3 is 5.97 Å². The minimum absolute atomic E-state index is 0.0144. The molecular weight excluding hydrogens is 270 g/mol. The number of anilines is 1. The summed E-state index contributed by atoms with van der Waals surface area (Å²) >= 11 is 0. The normalized spacial score (nSPS) is 10.1. The summed E-state index contributed by atoms with van der Waals surface area (Å²) in [5, 5.41) is 22.1. The molecule has 0 saturated carbocycles. The van der Waals surface area contributed by atoms with Gasteiger partial charge in [-0.3, -0.25) is 0 Å². The van der Waals surface area contributed by atoms with Crippen LogP contribution in [0.3, 0.4) is 0 Å². The number of rotatable bonds is 5. The summed E-state index contributed by atoms with van der Waals surface area (Å²) in [6.07, 6.45) is 0. The van der Waals surface area contributed by atoms with Crippen LogP contribution in [0.4, 0.5) is 5.69 Å². The summed E-state index contributed by atoms with van der Waals surface area (Å²) in [6, 6.07) is 11.4. The van der Waals surface area contributed by atoms with Gasteiger partial charge in [0.2, 0.25) is 0 Å². The van der Waals surface area contributed by atoms with Gasteiger partial charge in [0.15, 0.2) is 0 Å². The lowest BCUT2D eigenvalue weighted by Gasteiger charge is -2.09. The van der Waals surface area contributed by atoms with Crippen LogP contribution in [0.1, 0.15) is 22.8 Å². The molecule has 0 bridgehead atoms. The number of phenolic OH excluding ortho intramolecular Hbond substituents is 2. The molecule has 0 radical (unpaired) electrons. The van der Waals surface area contributed by atoms with Crippen LogP contribution in [0.25, 0.3) is 0 Å². The van der Waals surface area contributed by atoms with E-state index in [0.29, 0.717) is 24.3 Å². The van der Waals surface area contributed by atoms with Gasteiger partial charge in [0, 0.05) is 23.9 Å². The zero-order chi connectivity index (χ0) is 15.2. The zero-order valence-corrected chi connectivity index (χ0v) is 11.7. The van der Waals surface area contributed by atoms with Crippen molar-refractivity contribution in [3.63, 3.8) is 0 Å². The van der Waals surface area contributed by atoms with Crippen LogP contribution in [-0.4, -0.2) is 22.8 Å². The molecule has 0 unspecified atom stereocenters. The SMILES string of the molecule is CCOC(=O)c1cccc(NCc2ccc(O)cc2O)c1. The second-order valence-electron chi connectivity index (χ2n) is 4.47. The van der Waals surface area contributed by atoms with Gasteiger partial charge in [0.05, 0.1) is 12.2 Å². The number of carbonyl (C=O) groups is 1. The number of esters is 1. The standard InChI is InChI=1S/C16H17NO4/c1-2-21-16(20)11-4-3-5-13(8-11)17-10-12-6-7-14(18)9-15(12)19/h3-9,17-19H,2,10H2,1H3. The van der Waals surface area contributed by atoms with E-state index in [1.165, 1.54) is 12.1 Å². The molecule has 0 aliphatic rings. The van der Waals surface area contributed by atoms with E-state index in [1.54, 1.807) is 31.2 Å². The molecule has 0 fully saturated rings. The molecule has 0 amide bonds. The summed E-state index contributed by atoms with van der Waals surface area (Å²) in [5.74, 6) is -0.335. The van der Waals surface area contributed by atoms with Crippen LogP contribution in [0.5, 0.6) is 11.5 Å². The minimum atomic E-state index is -0.367. The molecule has 0 saturated heterocycles. The van der Waals surface area contributed by atoms with Crippen molar-refractivity contribution in [1.29, 1.82) is 0 Å². The Morgan fingerprint density at radius 2 is 2.00 bits per heavy atom. The highest BCUT2D eigenvalue weighted by molar-refractivity contribution is 5.90. The van der Waals surface area contributed by atoms with Gasteiger partial charge in [-0.05, 0) is 37.3 Å². The second kappa shape index (κ2) is 6.65. The lowest BCUT2D eigenvalue weighted by Crippen LogP contribution is -2.06. The Morgan fingerprint density at radius 3 is 2.71 bits per heavy atom. The quantitative estimate of drug-likeness (QED) is 0.737. The summed E-state index contributed by atoms with van der Waals surface area (Å²) < 4.78 is 4.94. The van der Waals surface area contributed by atoms with Gasteiger partial charge in [0.25, 0.3) is 0 Å². The third-order valence-corrected chi connectivity index (χ3v) is 2.93. The highest BCUT2D eigenvalue weighted by Crippen LogP contribution is 2.23. The second-order valence-corrected chi connectivity index (χ2v) is 4.47. The molecule has 0 atom stereocenters. The molecule has 3 N–H and O–H groups in total. The van der Waals surface area contributed by atoms with E-state index in [1.807, 2.05) is 6.07 Å². The average molecular weight is 287 g/mol. The number of nitrogens with one attached hydrogen (secondary N) is 1. The largest absolute Gasteiger partial charge is 0.508 e. The van der Waals surface area contributed by atoms with E-state index >= 15 is 0 Å². The number of ether oxygens (including phenoxy) is 1. The van der Waals surface area contributed by atoms with Gasteiger partial charge in [-0.1, -0.05) is 6.07 Å². The molecule has 0 aliphatic carbocycles. The molecule has 5 heteroatoms. The Kier molecular flexibility index (Phi) is 4.66. The zero-order valence-electron chi connectivity index (χ0n) is 11.7. The van der Waals surface area contributed by atoms with Gasteiger partial charge in [-0.25, -0.2) is 4.79 Å². The van der Waals surface area contributed by atoms with Crippen molar-refractivity contribution in [2.45, 2.75) is 13.5 Å². The number of benzene rings is 2. The Labute approximate surface area is 122 Å². The first-order valence-corrected chi connectivity index (χ1v) is 6.62. The number of carbonyl (C=O) groups excluding carboxylic acids is 1. The van der Waals surface area contributed by atoms with Crippen LogP contribution in [-0.2, 0) is 11.3 Å². The van der Waals surface area contributed by atoms with Crippen LogP contribution < -0.4 is 5.32 Å². The van der Waals surface area contributed by atoms with E-state index < -0.39 is 0 Å². The van der Waals surface area contributed by atoms with E-state index in [9.17, 15) is 15.0 Å². The third-order valence-electron chi connectivity index (χ3n) is 2.93. The van der Waals surface area contributed by atoms with Gasteiger partial charge in [0.1, 0.15) is 11.5 Å². The summed E-state index contributed by atoms with van der Waals surface area (Å²) in [5.41, 5.74) is 1.86. The molecule has 5 nitrogen and oxygen atoms in total. The number of hydrogen-bond acceptors (Lipinski definition) is 5. The number of aromatic hydroxyl groups is 2. The predicted molar refractivity (Wildman–Crippen MR) is 79.5 cm³/mol. The summed E-state index contributed by atoms with van der Waals surface area (Å²) in [6.45, 7) is 2.46. The number of phenols is 2. The predicted octanol–water partition coefficient (Wildman–Crippen LogP) is 2.89. The molecule has 110 valence electrons. The Balaban J connectivity index is 2.06. The fourth-order valence-corrected chi connectivity index (χ4v) is 1.87. The van der Waals surface area contributed by atoms with Gasteiger partial charge in [-0.15, -0.1) is 0 Å². The molecular formula is C16H17NO4. The number of hydrogen-bond donors (Lipinski definition) is 3. The van der Waals surface area contributed by atoms with Crippen molar-refractivity contribution in [1.82, 2.24) is 0 Å². The molecule has 0 spiro atoms. The Morgan fingerprint density at radius 1 is 1.19 bits per heavy atom. The molecule has 21 heavy (non-hydrogen) atoms. The monoisotopic (exact) mass is 287 g/mol. The molecule has 2 aromatic carbocycles. The molecule has 0 aliphatic heterocycles. The van der Waals surface area contributed by atoms with Crippen LogP contribution in [0, 0.1) is 0 Å². The highest BCUT2D eigenvalue weighted by Gasteiger charge is 2.07. The minimum Gasteiger partial charge on any atom is -0.508 e. The van der Waals surface area contributed by atoms with Crippen molar-refractivity contribution in [2.24, 2.45) is 0 Å². The van der Waals surface area contributed by atoms with E-state index in [-0.39, 0.29) is 17.5 Å². The van der Waals surface area contributed by atoms with Crippen molar-refractivity contribution in [3.8, 4) is 11.5 Å². The first-order chi connectivity index (χ1) is 10.1. The topological polar surface area (TPSA) is 78.8 Å². The fourth-order valence-electron chi connectivity index (χ4n) is 1.87. The lowest BCUT2D eigenvalue weighted by atomic mass is 10.1. The first-order valence-electron chi connectivity index (χ1n) is 6.62. The fraction of sp³-hybridized carbons (Fsp3) is 0.188. The van der Waals surface area contributed by atoms with Crippen LogP contribution in [0.15, 0.2) is 42.5 Å². The van der Waals surface area contributed by atoms with Crippen molar-refractivity contribution in [2.75, 3.05) is 11.9 Å². The lowest BCUT2D eigenvalue weighted by molar-refractivity contribution is 0.0526. The average Bonchev–Trinajstić information content (AvgIpc) is 2.47. The van der Waals surface area contributed by atoms with E-state index in [0.717, 1.165) is 5.69 Å². The van der Waals surface area contributed by atoms with E-state index in [4.69, 9.17) is 4.74 Å². The maximum Gasteiger partial charge on any atom is 0.338 e. The highest BCUT2D eigenvalue weighted by atomic mass is 16.5. The van der Waals surface area contributed by atoms with Crippen LogP contribution >= 0.6 is 0 Å². The van der Waals surface area contributed by atoms with E-state index in [2.05, 4.69) is 5.32 Å². The maximum absolute atomic E-state index is 11.6. The maximum atomic E-state index is 11.6. The Hall–Kier alpha value is -2.69. The van der Waals surface area contributed by atoms with Gasteiger partial charge < -0.3 is 20.3 Å². The third kappa shape index (κ3) is 3.89. The molecule has 2 aromatic rings. The Bertz CT molecular complexity index is 640. The first kappa shape index (κ1) is 14.7. The van der Waals surface area contributed by atoms with Crippen LogP contribution in [0.2, 0.25) is 0 Å². The van der Waals surface area contributed by atoms with Gasteiger partial charge in [-0.2, -0.15) is 0 Å². The molecule has 2 rings (SSSR count). The summed E-state index contributed by atoms with van der Waals surface area (Å²) in [4.78, 5) is 11.6. The van der Waals surface area contributed by atoms with Crippen molar-refractivity contribution < 1.29 is 19.7 Å². The molecule has 0 heterocycles. The smallest absolute Gasteiger partial charge is 0.338 e. The summed E-state index contributed by atoms with van der Waals surface area (Å²) in [7, 11) is 0. The molecule has 0 aromatic heterocycles. The van der Waals surface area contributed by atoms with Crippen molar-refractivity contribution in [3.05, 3.63) is 53.6 Å².